The van der Waals surface area contributed by atoms with E-state index in [1.54, 1.807) is 0 Å². The van der Waals surface area contributed by atoms with Crippen molar-refractivity contribution in [3.63, 3.8) is 0 Å². The lowest BCUT2D eigenvalue weighted by Crippen LogP contribution is -2.47. The quantitative estimate of drug-likeness (QED) is 0.861. The molecular weight excluding hydrogens is 212 g/mol. The molecule has 1 aromatic heterocycles. The van der Waals surface area contributed by atoms with Gasteiger partial charge in [-0.3, -0.25) is 4.68 Å². The molecule has 0 amide bonds. The molecule has 0 saturated carbocycles. The van der Waals surface area contributed by atoms with Crippen LogP contribution in [-0.2, 0) is 13.5 Å². The average Bonchev–Trinajstić information content (AvgIpc) is 2.70. The number of aromatic nitrogens is 2. The van der Waals surface area contributed by atoms with Crippen molar-refractivity contribution >= 4 is 5.69 Å². The number of hydrogen-bond donors (Lipinski definition) is 1. The molecule has 0 radical (unpaired) electrons. The molecule has 1 N–H and O–H groups in total. The van der Waals surface area contributed by atoms with Crippen LogP contribution < -0.4 is 10.2 Å². The Morgan fingerprint density at radius 1 is 1.53 bits per heavy atom. The number of piperidine rings is 1. The predicted molar refractivity (Wildman–Crippen MR) is 71.4 cm³/mol. The van der Waals surface area contributed by atoms with Gasteiger partial charge in [-0.1, -0.05) is 13.8 Å². The van der Waals surface area contributed by atoms with Gasteiger partial charge in [-0.25, -0.2) is 0 Å². The van der Waals surface area contributed by atoms with Crippen molar-refractivity contribution in [2.24, 2.45) is 13.0 Å². The standard InChI is InChI=1S/C13H24N4/c1-5-11-13(9-16(4)15-11)17-7-6-12(14-3)10(2)8-17/h9-10,12,14H,5-8H2,1-4H3. The highest BCUT2D eigenvalue weighted by Crippen LogP contribution is 2.26. The fourth-order valence-electron chi connectivity index (χ4n) is 2.83. The summed E-state index contributed by atoms with van der Waals surface area (Å²) in [7, 11) is 4.07. The summed E-state index contributed by atoms with van der Waals surface area (Å²) < 4.78 is 1.93. The van der Waals surface area contributed by atoms with E-state index in [2.05, 4.69) is 42.4 Å². The number of rotatable bonds is 3. The zero-order valence-electron chi connectivity index (χ0n) is 11.4. The van der Waals surface area contributed by atoms with Crippen LogP contribution in [0, 0.1) is 5.92 Å². The average molecular weight is 236 g/mol. The molecule has 1 aromatic rings. The second-order valence-electron chi connectivity index (χ2n) is 5.10. The predicted octanol–water partition coefficient (Wildman–Crippen LogP) is 1.42. The van der Waals surface area contributed by atoms with Crippen LogP contribution in [0.25, 0.3) is 0 Å². The van der Waals surface area contributed by atoms with Crippen molar-refractivity contribution in [3.05, 3.63) is 11.9 Å². The molecule has 2 rings (SSSR count). The highest BCUT2D eigenvalue weighted by molar-refractivity contribution is 5.50. The maximum Gasteiger partial charge on any atom is 0.0855 e. The fraction of sp³-hybridized carbons (Fsp3) is 0.769. The second-order valence-corrected chi connectivity index (χ2v) is 5.10. The Balaban J connectivity index is 2.13. The molecule has 1 aliphatic heterocycles. The number of nitrogens with one attached hydrogen (secondary N) is 1. The van der Waals surface area contributed by atoms with Gasteiger partial charge in [0.05, 0.1) is 11.4 Å². The number of aryl methyl sites for hydroxylation is 2. The van der Waals surface area contributed by atoms with Gasteiger partial charge >= 0.3 is 0 Å². The number of anilines is 1. The summed E-state index contributed by atoms with van der Waals surface area (Å²) in [5, 5.41) is 7.94. The van der Waals surface area contributed by atoms with E-state index >= 15 is 0 Å². The molecule has 2 unspecified atom stereocenters. The highest BCUT2D eigenvalue weighted by atomic mass is 15.3. The Kier molecular flexibility index (Phi) is 3.72. The maximum absolute atomic E-state index is 4.53. The summed E-state index contributed by atoms with van der Waals surface area (Å²) in [5.41, 5.74) is 2.55. The minimum Gasteiger partial charge on any atom is -0.368 e. The summed E-state index contributed by atoms with van der Waals surface area (Å²) in [5.74, 6) is 0.693. The van der Waals surface area contributed by atoms with Crippen molar-refractivity contribution in [3.8, 4) is 0 Å². The van der Waals surface area contributed by atoms with Crippen molar-refractivity contribution < 1.29 is 0 Å². The third kappa shape index (κ3) is 2.46. The summed E-state index contributed by atoms with van der Waals surface area (Å²) >= 11 is 0. The lowest BCUT2D eigenvalue weighted by molar-refractivity contribution is 0.338. The van der Waals surface area contributed by atoms with Crippen LogP contribution in [0.15, 0.2) is 6.20 Å². The van der Waals surface area contributed by atoms with Gasteiger partial charge in [-0.15, -0.1) is 0 Å². The monoisotopic (exact) mass is 236 g/mol. The minimum atomic E-state index is 0.660. The van der Waals surface area contributed by atoms with Crippen LogP contribution in [0.2, 0.25) is 0 Å². The molecule has 0 spiro atoms. The SMILES string of the molecule is CCc1nn(C)cc1N1CCC(NC)C(C)C1. The molecule has 4 heteroatoms. The van der Waals surface area contributed by atoms with E-state index in [0.717, 1.165) is 19.5 Å². The van der Waals surface area contributed by atoms with Gasteiger partial charge in [0.1, 0.15) is 0 Å². The van der Waals surface area contributed by atoms with Crippen LogP contribution in [0.3, 0.4) is 0 Å². The Labute approximate surface area is 104 Å². The van der Waals surface area contributed by atoms with Crippen LogP contribution in [-0.4, -0.2) is 36.0 Å². The van der Waals surface area contributed by atoms with E-state index in [0.29, 0.717) is 12.0 Å². The first-order valence-electron chi connectivity index (χ1n) is 6.60. The van der Waals surface area contributed by atoms with Crippen molar-refractivity contribution in [2.45, 2.75) is 32.7 Å². The molecule has 4 nitrogen and oxygen atoms in total. The van der Waals surface area contributed by atoms with Gasteiger partial charge in [-0.05, 0) is 25.8 Å². The van der Waals surface area contributed by atoms with Gasteiger partial charge in [-0.2, -0.15) is 5.10 Å². The van der Waals surface area contributed by atoms with Gasteiger partial charge in [0.2, 0.25) is 0 Å². The van der Waals surface area contributed by atoms with E-state index in [1.165, 1.54) is 17.8 Å². The van der Waals surface area contributed by atoms with Crippen LogP contribution in [0.5, 0.6) is 0 Å². The van der Waals surface area contributed by atoms with E-state index in [4.69, 9.17) is 0 Å². The molecule has 0 bridgehead atoms. The molecule has 2 heterocycles. The van der Waals surface area contributed by atoms with E-state index in [9.17, 15) is 0 Å². The third-order valence-electron chi connectivity index (χ3n) is 3.83. The van der Waals surface area contributed by atoms with Crippen molar-refractivity contribution in [2.75, 3.05) is 25.0 Å². The Bertz CT molecular complexity index is 371. The third-order valence-corrected chi connectivity index (χ3v) is 3.83. The molecule has 1 aliphatic rings. The van der Waals surface area contributed by atoms with Gasteiger partial charge in [0.25, 0.3) is 0 Å². The molecule has 17 heavy (non-hydrogen) atoms. The fourth-order valence-corrected chi connectivity index (χ4v) is 2.83. The summed E-state index contributed by atoms with van der Waals surface area (Å²) in [6, 6.07) is 0.660. The van der Waals surface area contributed by atoms with E-state index in [-0.39, 0.29) is 0 Å². The normalized spacial score (nSPS) is 25.3. The number of hydrogen-bond acceptors (Lipinski definition) is 3. The number of nitrogens with zero attached hydrogens (tertiary/aromatic N) is 3. The highest BCUT2D eigenvalue weighted by Gasteiger charge is 2.26. The topological polar surface area (TPSA) is 33.1 Å². The van der Waals surface area contributed by atoms with Crippen LogP contribution >= 0.6 is 0 Å². The maximum atomic E-state index is 4.53. The minimum absolute atomic E-state index is 0.660. The molecular formula is C13H24N4. The molecule has 0 aromatic carbocycles. The van der Waals surface area contributed by atoms with Crippen molar-refractivity contribution in [1.82, 2.24) is 15.1 Å². The van der Waals surface area contributed by atoms with Gasteiger partial charge < -0.3 is 10.2 Å². The summed E-state index contributed by atoms with van der Waals surface area (Å²) in [6.45, 7) is 6.77. The van der Waals surface area contributed by atoms with Crippen LogP contribution in [0.4, 0.5) is 5.69 Å². The molecule has 2 atom stereocenters. The van der Waals surface area contributed by atoms with E-state index in [1.807, 2.05) is 11.7 Å². The van der Waals surface area contributed by atoms with Gasteiger partial charge in [0, 0.05) is 32.4 Å². The van der Waals surface area contributed by atoms with Crippen molar-refractivity contribution in [1.29, 1.82) is 0 Å². The van der Waals surface area contributed by atoms with Gasteiger partial charge in [0.15, 0.2) is 0 Å². The van der Waals surface area contributed by atoms with E-state index < -0.39 is 0 Å². The lowest BCUT2D eigenvalue weighted by Gasteiger charge is -2.37. The smallest absolute Gasteiger partial charge is 0.0855 e. The Morgan fingerprint density at radius 2 is 2.29 bits per heavy atom. The lowest BCUT2D eigenvalue weighted by atomic mass is 9.93. The summed E-state index contributed by atoms with van der Waals surface area (Å²) in [6.07, 6.45) is 4.39. The Morgan fingerprint density at radius 3 is 2.88 bits per heavy atom. The molecule has 1 fully saturated rings. The molecule has 0 aliphatic carbocycles. The summed E-state index contributed by atoms with van der Waals surface area (Å²) in [4.78, 5) is 2.49. The zero-order chi connectivity index (χ0) is 12.4. The first kappa shape index (κ1) is 12.4. The molecule has 96 valence electrons. The zero-order valence-corrected chi connectivity index (χ0v) is 11.4. The van der Waals surface area contributed by atoms with Crippen LogP contribution in [0.1, 0.15) is 26.0 Å². The second kappa shape index (κ2) is 5.08. The largest absolute Gasteiger partial charge is 0.368 e. The first-order chi connectivity index (χ1) is 8.15. The molecule has 1 saturated heterocycles. The Hall–Kier alpha value is -1.03. The first-order valence-corrected chi connectivity index (χ1v) is 6.60.